The van der Waals surface area contributed by atoms with E-state index in [1.807, 2.05) is 0 Å². The molecule has 16 heavy (non-hydrogen) atoms. The molecule has 0 atom stereocenters. The van der Waals surface area contributed by atoms with Gasteiger partial charge in [-0.05, 0) is 18.2 Å². The molecule has 6 heteroatoms. The van der Waals surface area contributed by atoms with Crippen LogP contribution in [0, 0.1) is 5.82 Å². The van der Waals surface area contributed by atoms with Crippen molar-refractivity contribution in [3.8, 4) is 0 Å². The lowest BCUT2D eigenvalue weighted by atomic mass is 10.1. The molecule has 0 amide bonds. The number of benzene rings is 1. The van der Waals surface area contributed by atoms with Gasteiger partial charge in [0.1, 0.15) is 5.82 Å². The first-order valence-corrected chi connectivity index (χ1v) is 4.15. The maximum atomic E-state index is 13.0. The van der Waals surface area contributed by atoms with Crippen LogP contribution in [0.5, 0.6) is 0 Å². The van der Waals surface area contributed by atoms with Crippen molar-refractivity contribution >= 4 is 23.7 Å². The van der Waals surface area contributed by atoms with E-state index in [9.17, 15) is 14.0 Å². The maximum Gasteiger partial charge on any atom is 0.337 e. The van der Waals surface area contributed by atoms with Crippen molar-refractivity contribution in [2.75, 3.05) is 5.73 Å². The summed E-state index contributed by atoms with van der Waals surface area (Å²) in [5.41, 5.74) is 4.89. The number of nitrogen functional groups attached to an aromatic ring is 1. The molecule has 0 bridgehead atoms. The number of carbonyl (C=O) groups is 2. The number of aliphatic carboxylic acids is 1. The van der Waals surface area contributed by atoms with Gasteiger partial charge in [0.2, 0.25) is 0 Å². The Morgan fingerprint density at radius 1 is 1.31 bits per heavy atom. The number of hydrogen-bond acceptors (Lipinski definition) is 3. The average molecular weight is 225 g/mol. The summed E-state index contributed by atoms with van der Waals surface area (Å²) in [6.45, 7) is 0. The van der Waals surface area contributed by atoms with E-state index in [0.29, 0.717) is 0 Å². The zero-order valence-electron chi connectivity index (χ0n) is 7.98. The van der Waals surface area contributed by atoms with Gasteiger partial charge in [-0.25, -0.2) is 14.0 Å². The van der Waals surface area contributed by atoms with Gasteiger partial charge in [-0.15, -0.1) is 0 Å². The van der Waals surface area contributed by atoms with Crippen LogP contribution in [0.1, 0.15) is 15.9 Å². The minimum atomic E-state index is -1.37. The number of hydrogen-bond donors (Lipinski definition) is 3. The molecule has 0 heterocycles. The molecule has 0 aliphatic rings. The van der Waals surface area contributed by atoms with Crippen molar-refractivity contribution < 1.29 is 24.2 Å². The van der Waals surface area contributed by atoms with Gasteiger partial charge in [-0.2, -0.15) is 0 Å². The fraction of sp³-hybridized carbons (Fsp3) is 0. The molecule has 1 aromatic rings. The van der Waals surface area contributed by atoms with Gasteiger partial charge >= 0.3 is 11.9 Å². The minimum Gasteiger partial charge on any atom is -0.478 e. The number of anilines is 1. The van der Waals surface area contributed by atoms with E-state index >= 15 is 0 Å². The predicted octanol–water partition coefficient (Wildman–Crippen LogP) is 1.20. The molecular weight excluding hydrogens is 217 g/mol. The Balaban J connectivity index is 3.29. The van der Waals surface area contributed by atoms with Gasteiger partial charge < -0.3 is 15.9 Å². The molecule has 0 aliphatic heterocycles. The van der Waals surface area contributed by atoms with Crippen LogP contribution in [0.4, 0.5) is 10.1 Å². The number of carboxylic acid groups (broad SMARTS) is 2. The van der Waals surface area contributed by atoms with E-state index in [2.05, 4.69) is 0 Å². The molecule has 0 saturated heterocycles. The zero-order chi connectivity index (χ0) is 12.3. The first-order valence-electron chi connectivity index (χ1n) is 4.15. The Bertz CT molecular complexity index is 482. The van der Waals surface area contributed by atoms with Crippen LogP contribution in [0.15, 0.2) is 18.2 Å². The number of carboxylic acids is 2. The lowest BCUT2D eigenvalue weighted by Crippen LogP contribution is -2.05. The molecule has 4 N–H and O–H groups in total. The molecule has 0 aromatic heterocycles. The predicted molar refractivity (Wildman–Crippen MR) is 54.4 cm³/mol. The van der Waals surface area contributed by atoms with Crippen molar-refractivity contribution in [3.05, 3.63) is 35.2 Å². The Kier molecular flexibility index (Phi) is 3.24. The van der Waals surface area contributed by atoms with Crippen LogP contribution in [0.3, 0.4) is 0 Å². The third-order valence-electron chi connectivity index (χ3n) is 1.81. The number of aromatic carboxylic acids is 1. The maximum absolute atomic E-state index is 13.0. The lowest BCUT2D eigenvalue weighted by molar-refractivity contribution is -0.131. The molecular formula is C10H8FNO4. The summed E-state index contributed by atoms with van der Waals surface area (Å²) < 4.78 is 13.0. The van der Waals surface area contributed by atoms with E-state index < -0.39 is 23.3 Å². The van der Waals surface area contributed by atoms with Crippen LogP contribution in [0.2, 0.25) is 0 Å². The van der Waals surface area contributed by atoms with Crippen LogP contribution < -0.4 is 5.73 Å². The second kappa shape index (κ2) is 4.43. The van der Waals surface area contributed by atoms with Crippen molar-refractivity contribution in [1.29, 1.82) is 0 Å². The number of halogens is 1. The van der Waals surface area contributed by atoms with E-state index in [1.54, 1.807) is 0 Å². The van der Waals surface area contributed by atoms with Crippen LogP contribution in [0.25, 0.3) is 6.08 Å². The highest BCUT2D eigenvalue weighted by Crippen LogP contribution is 2.21. The smallest absolute Gasteiger partial charge is 0.337 e. The standard InChI is InChI=1S/C10H8FNO4/c11-6-3-5(1-2-8(13)14)9(12)7(4-6)10(15)16/h1-4H,12H2,(H,13,14)(H,15,16). The van der Waals surface area contributed by atoms with Gasteiger partial charge in [0.15, 0.2) is 0 Å². The molecule has 0 radical (unpaired) electrons. The molecule has 1 aromatic carbocycles. The molecule has 0 fully saturated rings. The monoisotopic (exact) mass is 225 g/mol. The molecule has 0 unspecified atom stereocenters. The highest BCUT2D eigenvalue weighted by Gasteiger charge is 2.12. The summed E-state index contributed by atoms with van der Waals surface area (Å²) in [6.07, 6.45) is 1.78. The molecule has 0 saturated carbocycles. The molecule has 5 nitrogen and oxygen atoms in total. The van der Waals surface area contributed by atoms with Crippen molar-refractivity contribution in [1.82, 2.24) is 0 Å². The summed E-state index contributed by atoms with van der Waals surface area (Å²) in [5, 5.41) is 17.1. The van der Waals surface area contributed by atoms with Crippen LogP contribution in [-0.2, 0) is 4.79 Å². The first kappa shape index (κ1) is 11.7. The Morgan fingerprint density at radius 2 is 1.94 bits per heavy atom. The van der Waals surface area contributed by atoms with E-state index in [0.717, 1.165) is 24.3 Å². The second-order valence-electron chi connectivity index (χ2n) is 2.93. The average Bonchev–Trinajstić information content (AvgIpc) is 2.18. The SMILES string of the molecule is Nc1c(C=CC(=O)O)cc(F)cc1C(=O)O. The van der Waals surface area contributed by atoms with Crippen molar-refractivity contribution in [2.45, 2.75) is 0 Å². The molecule has 84 valence electrons. The normalized spacial score (nSPS) is 10.6. The fourth-order valence-corrected chi connectivity index (χ4v) is 1.12. The molecule has 1 rings (SSSR count). The highest BCUT2D eigenvalue weighted by atomic mass is 19.1. The summed E-state index contributed by atoms with van der Waals surface area (Å²) in [5.74, 6) is -3.40. The van der Waals surface area contributed by atoms with E-state index in [-0.39, 0.29) is 11.3 Å². The zero-order valence-corrected chi connectivity index (χ0v) is 7.98. The quantitative estimate of drug-likeness (QED) is 0.530. The third-order valence-corrected chi connectivity index (χ3v) is 1.81. The van der Waals surface area contributed by atoms with Gasteiger partial charge in [0.25, 0.3) is 0 Å². The largest absolute Gasteiger partial charge is 0.478 e. The van der Waals surface area contributed by atoms with Crippen LogP contribution in [-0.4, -0.2) is 22.2 Å². The second-order valence-corrected chi connectivity index (χ2v) is 2.93. The minimum absolute atomic E-state index is 0.0137. The topological polar surface area (TPSA) is 101 Å². The Labute approximate surface area is 89.6 Å². The fourth-order valence-electron chi connectivity index (χ4n) is 1.12. The summed E-state index contributed by atoms with van der Waals surface area (Å²) >= 11 is 0. The van der Waals surface area contributed by atoms with E-state index in [1.165, 1.54) is 0 Å². The van der Waals surface area contributed by atoms with Gasteiger partial charge in [0.05, 0.1) is 11.3 Å². The summed E-state index contributed by atoms with van der Waals surface area (Å²) in [4.78, 5) is 20.9. The van der Waals surface area contributed by atoms with Gasteiger partial charge in [-0.3, -0.25) is 0 Å². The number of nitrogens with two attached hydrogens (primary N) is 1. The Morgan fingerprint density at radius 3 is 2.44 bits per heavy atom. The van der Waals surface area contributed by atoms with Crippen molar-refractivity contribution in [2.24, 2.45) is 0 Å². The summed E-state index contributed by atoms with van der Waals surface area (Å²) in [7, 11) is 0. The Hall–Kier alpha value is -2.37. The molecule has 0 aliphatic carbocycles. The highest BCUT2D eigenvalue weighted by molar-refractivity contribution is 5.97. The third kappa shape index (κ3) is 2.57. The van der Waals surface area contributed by atoms with Gasteiger partial charge in [-0.1, -0.05) is 0 Å². The first-order chi connectivity index (χ1) is 7.41. The summed E-state index contributed by atoms with van der Waals surface area (Å²) in [6, 6.07) is 1.73. The lowest BCUT2D eigenvalue weighted by Gasteiger charge is -2.04. The van der Waals surface area contributed by atoms with Gasteiger partial charge in [0, 0.05) is 11.6 Å². The van der Waals surface area contributed by atoms with Crippen LogP contribution >= 0.6 is 0 Å². The van der Waals surface area contributed by atoms with Crippen molar-refractivity contribution in [3.63, 3.8) is 0 Å². The van der Waals surface area contributed by atoms with E-state index in [4.69, 9.17) is 15.9 Å². The molecule has 0 spiro atoms. The number of rotatable bonds is 3.